The van der Waals surface area contributed by atoms with Crippen LogP contribution in [0.5, 0.6) is 11.5 Å². The van der Waals surface area contributed by atoms with E-state index in [1.807, 2.05) is 0 Å². The summed E-state index contributed by atoms with van der Waals surface area (Å²) in [6.45, 7) is 0. The van der Waals surface area contributed by atoms with Crippen LogP contribution in [0, 0.1) is 5.82 Å². The van der Waals surface area contributed by atoms with Gasteiger partial charge in [-0.25, -0.2) is 4.39 Å². The quantitative estimate of drug-likeness (QED) is 0.688. The van der Waals surface area contributed by atoms with Gasteiger partial charge in [0.25, 0.3) is 0 Å². The molecule has 0 amide bonds. The SMILES string of the molecule is COc1cc(F)c(C(=O)c2cccc(N)c2)cc1OC. The minimum absolute atomic E-state index is 0.0896. The Morgan fingerprint density at radius 1 is 1.10 bits per heavy atom. The van der Waals surface area contributed by atoms with E-state index in [0.29, 0.717) is 17.0 Å². The molecule has 0 aromatic heterocycles. The van der Waals surface area contributed by atoms with E-state index in [-0.39, 0.29) is 11.3 Å². The molecule has 104 valence electrons. The number of carbonyl (C=O) groups is 1. The summed E-state index contributed by atoms with van der Waals surface area (Å²) in [6.07, 6.45) is 0. The van der Waals surface area contributed by atoms with Crippen molar-refractivity contribution < 1.29 is 18.7 Å². The van der Waals surface area contributed by atoms with E-state index in [9.17, 15) is 9.18 Å². The maximum atomic E-state index is 14.0. The molecule has 0 atom stereocenters. The van der Waals surface area contributed by atoms with Gasteiger partial charge in [0.15, 0.2) is 17.3 Å². The molecule has 0 aliphatic rings. The van der Waals surface area contributed by atoms with Gasteiger partial charge in [-0.15, -0.1) is 0 Å². The van der Waals surface area contributed by atoms with Gasteiger partial charge < -0.3 is 15.2 Å². The van der Waals surface area contributed by atoms with Crippen molar-refractivity contribution in [2.45, 2.75) is 0 Å². The van der Waals surface area contributed by atoms with Gasteiger partial charge in [-0.2, -0.15) is 0 Å². The highest BCUT2D eigenvalue weighted by molar-refractivity contribution is 6.09. The van der Waals surface area contributed by atoms with Crippen molar-refractivity contribution in [1.29, 1.82) is 0 Å². The highest BCUT2D eigenvalue weighted by Crippen LogP contribution is 2.31. The number of anilines is 1. The molecule has 0 spiro atoms. The third-order valence-electron chi connectivity index (χ3n) is 2.87. The Balaban J connectivity index is 2.49. The van der Waals surface area contributed by atoms with Gasteiger partial charge in [-0.1, -0.05) is 12.1 Å². The Morgan fingerprint density at radius 2 is 1.75 bits per heavy atom. The van der Waals surface area contributed by atoms with Crippen molar-refractivity contribution >= 4 is 11.5 Å². The van der Waals surface area contributed by atoms with Gasteiger partial charge in [-0.05, 0) is 18.2 Å². The smallest absolute Gasteiger partial charge is 0.196 e. The number of nitrogens with two attached hydrogens (primary N) is 1. The van der Waals surface area contributed by atoms with E-state index < -0.39 is 11.6 Å². The zero-order valence-corrected chi connectivity index (χ0v) is 11.1. The second kappa shape index (κ2) is 5.61. The standard InChI is InChI=1S/C15H14FNO3/c1-19-13-7-11(12(16)8-14(13)20-2)15(18)9-4-3-5-10(17)6-9/h3-8H,17H2,1-2H3. The average molecular weight is 275 g/mol. The van der Waals surface area contributed by atoms with Gasteiger partial charge in [0, 0.05) is 17.3 Å². The Hall–Kier alpha value is -2.56. The number of methoxy groups -OCH3 is 2. The topological polar surface area (TPSA) is 61.5 Å². The first-order chi connectivity index (χ1) is 9.56. The largest absolute Gasteiger partial charge is 0.493 e. The van der Waals surface area contributed by atoms with Gasteiger partial charge in [0.1, 0.15) is 5.82 Å². The van der Waals surface area contributed by atoms with Crippen LogP contribution in [0.4, 0.5) is 10.1 Å². The van der Waals surface area contributed by atoms with Gasteiger partial charge >= 0.3 is 0 Å². The molecule has 5 heteroatoms. The van der Waals surface area contributed by atoms with Crippen LogP contribution in [0.1, 0.15) is 15.9 Å². The number of hydrogen-bond donors (Lipinski definition) is 1. The molecule has 0 saturated carbocycles. The number of carbonyl (C=O) groups excluding carboxylic acids is 1. The number of rotatable bonds is 4. The summed E-state index contributed by atoms with van der Waals surface area (Å²) in [7, 11) is 2.82. The molecule has 0 heterocycles. The predicted molar refractivity (Wildman–Crippen MR) is 73.8 cm³/mol. The lowest BCUT2D eigenvalue weighted by atomic mass is 10.0. The van der Waals surface area contributed by atoms with Crippen molar-refractivity contribution in [2.24, 2.45) is 0 Å². The Morgan fingerprint density at radius 3 is 2.35 bits per heavy atom. The van der Waals surface area contributed by atoms with E-state index in [1.54, 1.807) is 18.2 Å². The summed E-state index contributed by atoms with van der Waals surface area (Å²) in [5.41, 5.74) is 6.29. The van der Waals surface area contributed by atoms with Crippen LogP contribution in [-0.2, 0) is 0 Å². The summed E-state index contributed by atoms with van der Waals surface area (Å²) >= 11 is 0. The first-order valence-electron chi connectivity index (χ1n) is 5.88. The minimum atomic E-state index is -0.671. The van der Waals surface area contributed by atoms with Crippen LogP contribution in [0.15, 0.2) is 36.4 Å². The third kappa shape index (κ3) is 2.56. The van der Waals surface area contributed by atoms with Crippen LogP contribution < -0.4 is 15.2 Å². The summed E-state index contributed by atoms with van der Waals surface area (Å²) in [4.78, 5) is 12.3. The predicted octanol–water partition coefficient (Wildman–Crippen LogP) is 2.66. The zero-order chi connectivity index (χ0) is 14.7. The molecule has 2 rings (SSSR count). The van der Waals surface area contributed by atoms with Crippen LogP contribution in [-0.4, -0.2) is 20.0 Å². The average Bonchev–Trinajstić information content (AvgIpc) is 2.46. The molecular weight excluding hydrogens is 261 g/mol. The maximum Gasteiger partial charge on any atom is 0.196 e. The maximum absolute atomic E-state index is 14.0. The Kier molecular flexibility index (Phi) is 3.89. The summed E-state index contributed by atoms with van der Waals surface area (Å²) in [5.74, 6) is -0.610. The van der Waals surface area contributed by atoms with Crippen molar-refractivity contribution in [3.8, 4) is 11.5 Å². The fraction of sp³-hybridized carbons (Fsp3) is 0.133. The lowest BCUT2D eigenvalue weighted by molar-refractivity contribution is 0.103. The van der Waals surface area contributed by atoms with Crippen LogP contribution in [0.25, 0.3) is 0 Å². The molecule has 0 saturated heterocycles. The van der Waals surface area contributed by atoms with E-state index in [2.05, 4.69) is 0 Å². The zero-order valence-electron chi connectivity index (χ0n) is 11.1. The number of halogens is 1. The molecule has 2 aromatic rings. The summed E-state index contributed by atoms with van der Waals surface area (Å²) in [5, 5.41) is 0. The van der Waals surface area contributed by atoms with E-state index >= 15 is 0 Å². The molecule has 0 fully saturated rings. The Labute approximate surface area is 115 Å². The molecule has 4 nitrogen and oxygen atoms in total. The number of ketones is 1. The molecule has 2 aromatic carbocycles. The van der Waals surface area contributed by atoms with Gasteiger partial charge in [-0.3, -0.25) is 4.79 Å². The lowest BCUT2D eigenvalue weighted by Gasteiger charge is -2.10. The number of nitrogen functional groups attached to an aromatic ring is 1. The molecule has 0 unspecified atom stereocenters. The normalized spacial score (nSPS) is 10.2. The van der Waals surface area contributed by atoms with Crippen LogP contribution in [0.3, 0.4) is 0 Å². The molecule has 0 aliphatic heterocycles. The van der Waals surface area contributed by atoms with Crippen LogP contribution >= 0.6 is 0 Å². The van der Waals surface area contributed by atoms with Crippen molar-refractivity contribution in [3.05, 3.63) is 53.3 Å². The minimum Gasteiger partial charge on any atom is -0.493 e. The van der Waals surface area contributed by atoms with E-state index in [4.69, 9.17) is 15.2 Å². The van der Waals surface area contributed by atoms with Crippen LogP contribution in [0.2, 0.25) is 0 Å². The first-order valence-corrected chi connectivity index (χ1v) is 5.88. The molecule has 2 N–H and O–H groups in total. The molecule has 0 radical (unpaired) electrons. The van der Waals surface area contributed by atoms with E-state index in [0.717, 1.165) is 6.07 Å². The van der Waals surface area contributed by atoms with Crippen molar-refractivity contribution in [3.63, 3.8) is 0 Å². The fourth-order valence-corrected chi connectivity index (χ4v) is 1.86. The molecular formula is C15H14FNO3. The fourth-order valence-electron chi connectivity index (χ4n) is 1.86. The Bertz CT molecular complexity index is 656. The number of hydrogen-bond acceptors (Lipinski definition) is 4. The summed E-state index contributed by atoms with van der Waals surface area (Å²) < 4.78 is 24.1. The van der Waals surface area contributed by atoms with E-state index in [1.165, 1.54) is 26.4 Å². The first kappa shape index (κ1) is 13.9. The monoisotopic (exact) mass is 275 g/mol. The molecule has 0 aliphatic carbocycles. The molecule has 0 bridgehead atoms. The van der Waals surface area contributed by atoms with Crippen molar-refractivity contribution in [1.82, 2.24) is 0 Å². The highest BCUT2D eigenvalue weighted by atomic mass is 19.1. The lowest BCUT2D eigenvalue weighted by Crippen LogP contribution is -2.06. The third-order valence-corrected chi connectivity index (χ3v) is 2.87. The molecule has 20 heavy (non-hydrogen) atoms. The number of ether oxygens (including phenoxy) is 2. The highest BCUT2D eigenvalue weighted by Gasteiger charge is 2.18. The second-order valence-electron chi connectivity index (χ2n) is 4.14. The number of benzene rings is 2. The second-order valence-corrected chi connectivity index (χ2v) is 4.14. The van der Waals surface area contributed by atoms with Gasteiger partial charge in [0.2, 0.25) is 0 Å². The van der Waals surface area contributed by atoms with Crippen molar-refractivity contribution in [2.75, 3.05) is 20.0 Å². The van der Waals surface area contributed by atoms with Gasteiger partial charge in [0.05, 0.1) is 19.8 Å². The summed E-state index contributed by atoms with van der Waals surface area (Å²) in [6, 6.07) is 8.81.